The highest BCUT2D eigenvalue weighted by atomic mass is 32.1. The summed E-state index contributed by atoms with van der Waals surface area (Å²) in [7, 11) is 0. The number of rotatable bonds is 1. The van der Waals surface area contributed by atoms with Crippen molar-refractivity contribution in [1.29, 1.82) is 0 Å². The van der Waals surface area contributed by atoms with Gasteiger partial charge in [0.2, 0.25) is 5.01 Å². The molecule has 0 spiro atoms. The standard InChI is InChI=1S/C11H17N3OS/c1-7-4-8(2)6-14(5-7)11(15)10-12-9(3)13-16-10/h7-8H,4-6H2,1-3H3. The fourth-order valence-corrected chi connectivity index (χ4v) is 2.99. The minimum absolute atomic E-state index is 0.0454. The summed E-state index contributed by atoms with van der Waals surface area (Å²) in [6, 6.07) is 0. The number of aromatic nitrogens is 2. The smallest absolute Gasteiger partial charge is 0.284 e. The third kappa shape index (κ3) is 2.40. The Balaban J connectivity index is 2.09. The molecule has 1 aliphatic rings. The lowest BCUT2D eigenvalue weighted by Crippen LogP contribution is -2.42. The monoisotopic (exact) mass is 239 g/mol. The zero-order valence-electron chi connectivity index (χ0n) is 9.93. The Hall–Kier alpha value is -0.970. The third-order valence-corrected chi connectivity index (χ3v) is 3.66. The van der Waals surface area contributed by atoms with Crippen molar-refractivity contribution in [3.05, 3.63) is 10.8 Å². The molecule has 0 saturated carbocycles. The molecule has 0 N–H and O–H groups in total. The van der Waals surface area contributed by atoms with Crippen LogP contribution in [0.2, 0.25) is 0 Å². The van der Waals surface area contributed by atoms with Gasteiger partial charge in [-0.25, -0.2) is 4.98 Å². The van der Waals surface area contributed by atoms with E-state index in [1.807, 2.05) is 11.8 Å². The first-order valence-corrected chi connectivity index (χ1v) is 6.43. The van der Waals surface area contributed by atoms with Crippen LogP contribution in [0, 0.1) is 18.8 Å². The van der Waals surface area contributed by atoms with Crippen LogP contribution in [-0.2, 0) is 0 Å². The number of carbonyl (C=O) groups is 1. The van der Waals surface area contributed by atoms with E-state index in [0.29, 0.717) is 22.7 Å². The molecule has 2 heterocycles. The number of hydrogen-bond acceptors (Lipinski definition) is 4. The van der Waals surface area contributed by atoms with Gasteiger partial charge < -0.3 is 4.90 Å². The van der Waals surface area contributed by atoms with Gasteiger partial charge in [-0.05, 0) is 36.7 Å². The second-order valence-corrected chi connectivity index (χ2v) is 5.55. The molecule has 2 rings (SSSR count). The summed E-state index contributed by atoms with van der Waals surface area (Å²) >= 11 is 1.20. The number of likely N-dealkylation sites (tertiary alicyclic amines) is 1. The van der Waals surface area contributed by atoms with Crippen molar-refractivity contribution in [3.8, 4) is 0 Å². The molecule has 1 aliphatic heterocycles. The number of nitrogens with zero attached hydrogens (tertiary/aromatic N) is 3. The fourth-order valence-electron chi connectivity index (χ4n) is 2.35. The van der Waals surface area contributed by atoms with E-state index in [2.05, 4.69) is 23.2 Å². The normalized spacial score (nSPS) is 25.8. The maximum Gasteiger partial charge on any atom is 0.284 e. The number of amides is 1. The van der Waals surface area contributed by atoms with Crippen LogP contribution in [0.25, 0.3) is 0 Å². The summed E-state index contributed by atoms with van der Waals surface area (Å²) in [6.45, 7) is 7.90. The second-order valence-electron chi connectivity index (χ2n) is 4.80. The van der Waals surface area contributed by atoms with Gasteiger partial charge in [0.15, 0.2) is 0 Å². The largest absolute Gasteiger partial charge is 0.336 e. The fraction of sp³-hybridized carbons (Fsp3) is 0.727. The molecular weight excluding hydrogens is 222 g/mol. The van der Waals surface area contributed by atoms with E-state index >= 15 is 0 Å². The molecule has 0 aromatic carbocycles. The molecular formula is C11H17N3OS. The molecule has 0 aliphatic carbocycles. The molecule has 4 nitrogen and oxygen atoms in total. The van der Waals surface area contributed by atoms with Crippen molar-refractivity contribution in [3.63, 3.8) is 0 Å². The molecule has 0 radical (unpaired) electrons. The molecule has 1 fully saturated rings. The number of carbonyl (C=O) groups excluding carboxylic acids is 1. The van der Waals surface area contributed by atoms with Gasteiger partial charge >= 0.3 is 0 Å². The second kappa shape index (κ2) is 4.49. The number of hydrogen-bond donors (Lipinski definition) is 0. The minimum atomic E-state index is 0.0454. The van der Waals surface area contributed by atoms with Crippen LogP contribution in [0.15, 0.2) is 0 Å². The summed E-state index contributed by atoms with van der Waals surface area (Å²) in [5.41, 5.74) is 0. The Morgan fingerprint density at radius 1 is 1.38 bits per heavy atom. The molecule has 1 amide bonds. The molecule has 2 atom stereocenters. The minimum Gasteiger partial charge on any atom is -0.336 e. The maximum absolute atomic E-state index is 12.1. The van der Waals surface area contributed by atoms with Crippen LogP contribution in [-0.4, -0.2) is 33.3 Å². The van der Waals surface area contributed by atoms with Crippen molar-refractivity contribution in [2.24, 2.45) is 11.8 Å². The molecule has 16 heavy (non-hydrogen) atoms. The lowest BCUT2D eigenvalue weighted by atomic mass is 9.92. The van der Waals surface area contributed by atoms with Gasteiger partial charge in [-0.15, -0.1) is 0 Å². The van der Waals surface area contributed by atoms with Gasteiger partial charge in [0.25, 0.3) is 5.91 Å². The van der Waals surface area contributed by atoms with Crippen LogP contribution in [0.1, 0.15) is 35.9 Å². The Morgan fingerprint density at radius 3 is 2.50 bits per heavy atom. The number of piperidine rings is 1. The van der Waals surface area contributed by atoms with Crippen LogP contribution in [0.5, 0.6) is 0 Å². The first-order valence-electron chi connectivity index (χ1n) is 5.66. The third-order valence-electron chi connectivity index (χ3n) is 2.87. The number of aryl methyl sites for hydroxylation is 1. The topological polar surface area (TPSA) is 46.1 Å². The zero-order valence-corrected chi connectivity index (χ0v) is 10.8. The van der Waals surface area contributed by atoms with Crippen molar-refractivity contribution >= 4 is 17.4 Å². The highest BCUT2D eigenvalue weighted by Gasteiger charge is 2.27. The van der Waals surface area contributed by atoms with Gasteiger partial charge in [-0.2, -0.15) is 4.37 Å². The van der Waals surface area contributed by atoms with E-state index in [-0.39, 0.29) is 5.91 Å². The average molecular weight is 239 g/mol. The van der Waals surface area contributed by atoms with Crippen molar-refractivity contribution < 1.29 is 4.79 Å². The molecule has 2 unspecified atom stereocenters. The zero-order chi connectivity index (χ0) is 11.7. The van der Waals surface area contributed by atoms with E-state index in [0.717, 1.165) is 13.1 Å². The van der Waals surface area contributed by atoms with Crippen molar-refractivity contribution in [1.82, 2.24) is 14.3 Å². The van der Waals surface area contributed by atoms with E-state index in [9.17, 15) is 4.79 Å². The Morgan fingerprint density at radius 2 is 2.00 bits per heavy atom. The Labute approximate surface area is 99.9 Å². The Bertz CT molecular complexity index is 380. The van der Waals surface area contributed by atoms with Gasteiger partial charge in [-0.1, -0.05) is 13.8 Å². The predicted octanol–water partition coefficient (Wildman–Crippen LogP) is 1.96. The van der Waals surface area contributed by atoms with Crippen LogP contribution >= 0.6 is 11.5 Å². The molecule has 0 bridgehead atoms. The molecule has 1 saturated heterocycles. The lowest BCUT2D eigenvalue weighted by Gasteiger charge is -2.34. The first-order chi connectivity index (χ1) is 7.56. The van der Waals surface area contributed by atoms with Gasteiger partial charge in [0.05, 0.1) is 0 Å². The van der Waals surface area contributed by atoms with Gasteiger partial charge in [0, 0.05) is 13.1 Å². The highest BCUT2D eigenvalue weighted by Crippen LogP contribution is 2.22. The summed E-state index contributed by atoms with van der Waals surface area (Å²) in [4.78, 5) is 18.2. The van der Waals surface area contributed by atoms with E-state index in [1.54, 1.807) is 0 Å². The maximum atomic E-state index is 12.1. The quantitative estimate of drug-likeness (QED) is 0.752. The molecule has 1 aromatic rings. The summed E-state index contributed by atoms with van der Waals surface area (Å²) in [5, 5.41) is 0.527. The molecule has 88 valence electrons. The molecule has 5 heteroatoms. The molecule has 1 aromatic heterocycles. The predicted molar refractivity (Wildman–Crippen MR) is 63.5 cm³/mol. The summed E-state index contributed by atoms with van der Waals surface area (Å²) in [5.74, 6) is 1.90. The highest BCUT2D eigenvalue weighted by molar-refractivity contribution is 7.07. The lowest BCUT2D eigenvalue weighted by molar-refractivity contribution is 0.0622. The van der Waals surface area contributed by atoms with E-state index < -0.39 is 0 Å². The van der Waals surface area contributed by atoms with Gasteiger partial charge in [-0.3, -0.25) is 4.79 Å². The van der Waals surface area contributed by atoms with Crippen LogP contribution in [0.4, 0.5) is 0 Å². The van der Waals surface area contributed by atoms with Crippen LogP contribution < -0.4 is 0 Å². The van der Waals surface area contributed by atoms with E-state index in [1.165, 1.54) is 18.0 Å². The van der Waals surface area contributed by atoms with Crippen LogP contribution in [0.3, 0.4) is 0 Å². The average Bonchev–Trinajstić information content (AvgIpc) is 2.62. The summed E-state index contributed by atoms with van der Waals surface area (Å²) in [6.07, 6.45) is 1.21. The van der Waals surface area contributed by atoms with E-state index in [4.69, 9.17) is 0 Å². The summed E-state index contributed by atoms with van der Waals surface area (Å²) < 4.78 is 4.05. The first kappa shape index (κ1) is 11.5. The van der Waals surface area contributed by atoms with Crippen molar-refractivity contribution in [2.45, 2.75) is 27.2 Å². The Kier molecular flexibility index (Phi) is 3.23. The van der Waals surface area contributed by atoms with Crippen molar-refractivity contribution in [2.75, 3.05) is 13.1 Å². The van der Waals surface area contributed by atoms with Gasteiger partial charge in [0.1, 0.15) is 5.82 Å². The SMILES string of the molecule is Cc1nsc(C(=O)N2CC(C)CC(C)C2)n1.